The van der Waals surface area contributed by atoms with E-state index < -0.39 is 15.9 Å². The van der Waals surface area contributed by atoms with Crippen molar-refractivity contribution in [1.82, 2.24) is 10.2 Å². The van der Waals surface area contributed by atoms with Gasteiger partial charge in [-0.1, -0.05) is 59.4 Å². The summed E-state index contributed by atoms with van der Waals surface area (Å²) in [6, 6.07) is 17.8. The van der Waals surface area contributed by atoms with Crippen LogP contribution in [0.2, 0.25) is 0 Å². The molecule has 2 heterocycles. The van der Waals surface area contributed by atoms with E-state index in [2.05, 4.69) is 20.2 Å². The zero-order chi connectivity index (χ0) is 21.1. The number of sulfonamides is 1. The summed E-state index contributed by atoms with van der Waals surface area (Å²) >= 11 is 2.26. The van der Waals surface area contributed by atoms with Crippen LogP contribution in [0.25, 0.3) is 10.6 Å². The van der Waals surface area contributed by atoms with Gasteiger partial charge in [0.15, 0.2) is 0 Å². The summed E-state index contributed by atoms with van der Waals surface area (Å²) in [6.07, 6.45) is 0. The fourth-order valence-electron chi connectivity index (χ4n) is 2.63. The Balaban J connectivity index is 1.53. The second-order valence-electron chi connectivity index (χ2n) is 6.32. The van der Waals surface area contributed by atoms with Gasteiger partial charge >= 0.3 is 0 Å². The molecule has 4 aromatic rings. The number of nitrogens with zero attached hydrogens (tertiary/aromatic N) is 2. The van der Waals surface area contributed by atoms with Gasteiger partial charge in [0.25, 0.3) is 15.9 Å². The number of thiophene rings is 1. The van der Waals surface area contributed by atoms with Gasteiger partial charge in [-0.25, -0.2) is 8.42 Å². The average Bonchev–Trinajstić information content (AvgIpc) is 3.40. The molecule has 0 saturated carbocycles. The minimum Gasteiger partial charge on any atom is -0.296 e. The van der Waals surface area contributed by atoms with Crippen LogP contribution in [0.15, 0.2) is 70.9 Å². The molecule has 0 aliphatic heterocycles. The third-order valence-corrected chi connectivity index (χ3v) is 7.45. The Morgan fingerprint density at radius 1 is 0.967 bits per heavy atom. The molecule has 152 valence electrons. The fourth-order valence-corrected chi connectivity index (χ4v) is 5.76. The first-order chi connectivity index (χ1) is 14.4. The van der Waals surface area contributed by atoms with Crippen molar-refractivity contribution < 1.29 is 13.2 Å². The number of aryl methyl sites for hydroxylation is 1. The number of amides is 1. The van der Waals surface area contributed by atoms with Crippen LogP contribution in [0.3, 0.4) is 0 Å². The third kappa shape index (κ3) is 4.40. The van der Waals surface area contributed by atoms with Crippen molar-refractivity contribution in [1.29, 1.82) is 0 Å². The number of carbonyl (C=O) groups excluding carboxylic acids is 1. The van der Waals surface area contributed by atoms with E-state index in [4.69, 9.17) is 0 Å². The van der Waals surface area contributed by atoms with Crippen molar-refractivity contribution in [2.75, 3.05) is 10.0 Å². The molecule has 2 aromatic heterocycles. The number of aromatic nitrogens is 2. The number of hydrogen-bond acceptors (Lipinski definition) is 7. The molecular formula is C20H16N4O3S3. The Hall–Kier alpha value is -3.08. The second-order valence-corrected chi connectivity index (χ2v) is 9.86. The van der Waals surface area contributed by atoms with Gasteiger partial charge in [0.2, 0.25) is 5.13 Å². The highest BCUT2D eigenvalue weighted by Crippen LogP contribution is 2.29. The highest BCUT2D eigenvalue weighted by Gasteiger charge is 2.25. The van der Waals surface area contributed by atoms with Crippen LogP contribution in [-0.2, 0) is 10.0 Å². The van der Waals surface area contributed by atoms with E-state index in [0.29, 0.717) is 15.8 Å². The number of hydrogen-bond donors (Lipinski definition) is 2. The van der Waals surface area contributed by atoms with Crippen LogP contribution in [0.5, 0.6) is 0 Å². The van der Waals surface area contributed by atoms with Crippen molar-refractivity contribution in [3.05, 3.63) is 76.5 Å². The Morgan fingerprint density at radius 2 is 1.70 bits per heavy atom. The molecule has 0 radical (unpaired) electrons. The van der Waals surface area contributed by atoms with Gasteiger partial charge in [-0.05, 0) is 30.5 Å². The molecule has 4 rings (SSSR count). The molecule has 0 saturated heterocycles. The first-order valence-electron chi connectivity index (χ1n) is 8.80. The zero-order valence-corrected chi connectivity index (χ0v) is 18.1. The van der Waals surface area contributed by atoms with E-state index in [1.807, 2.05) is 37.3 Å². The quantitative estimate of drug-likeness (QED) is 0.441. The van der Waals surface area contributed by atoms with Gasteiger partial charge in [-0.2, -0.15) is 0 Å². The van der Waals surface area contributed by atoms with E-state index in [-0.39, 0.29) is 9.77 Å². The topological polar surface area (TPSA) is 101 Å². The predicted molar refractivity (Wildman–Crippen MR) is 120 cm³/mol. The predicted octanol–water partition coefficient (Wildman–Crippen LogP) is 4.63. The van der Waals surface area contributed by atoms with Gasteiger partial charge in [0, 0.05) is 11.3 Å². The second kappa shape index (κ2) is 8.34. The van der Waals surface area contributed by atoms with Crippen molar-refractivity contribution in [3.63, 3.8) is 0 Å². The summed E-state index contributed by atoms with van der Waals surface area (Å²) in [7, 11) is -3.92. The normalized spacial score (nSPS) is 11.2. The largest absolute Gasteiger partial charge is 0.296 e. The van der Waals surface area contributed by atoms with Crippen molar-refractivity contribution in [3.8, 4) is 10.6 Å². The molecule has 0 unspecified atom stereocenters. The molecule has 1 amide bonds. The van der Waals surface area contributed by atoms with Crippen LogP contribution in [0.1, 0.15) is 15.2 Å². The minimum absolute atomic E-state index is 0.0751. The van der Waals surface area contributed by atoms with E-state index in [9.17, 15) is 13.2 Å². The first-order valence-corrected chi connectivity index (χ1v) is 12.0. The molecule has 0 aliphatic rings. The minimum atomic E-state index is -3.92. The number of nitrogens with one attached hydrogen (secondary N) is 2. The lowest BCUT2D eigenvalue weighted by Gasteiger charge is -2.09. The number of rotatable bonds is 6. The summed E-state index contributed by atoms with van der Waals surface area (Å²) < 4.78 is 28.1. The van der Waals surface area contributed by atoms with Gasteiger partial charge in [0.05, 0.1) is 0 Å². The maximum atomic E-state index is 12.8. The summed E-state index contributed by atoms with van der Waals surface area (Å²) in [5.74, 6) is -0.551. The van der Waals surface area contributed by atoms with E-state index >= 15 is 0 Å². The molecule has 30 heavy (non-hydrogen) atoms. The van der Waals surface area contributed by atoms with Crippen LogP contribution in [0, 0.1) is 6.92 Å². The molecule has 10 heteroatoms. The van der Waals surface area contributed by atoms with Crippen LogP contribution in [0.4, 0.5) is 10.8 Å². The van der Waals surface area contributed by atoms with E-state index in [1.165, 1.54) is 17.4 Å². The van der Waals surface area contributed by atoms with Crippen LogP contribution < -0.4 is 10.0 Å². The Morgan fingerprint density at radius 3 is 2.43 bits per heavy atom. The van der Waals surface area contributed by atoms with Crippen molar-refractivity contribution in [2.45, 2.75) is 11.8 Å². The Kier molecular flexibility index (Phi) is 5.62. The fraction of sp³-hybridized carbons (Fsp3) is 0.0500. The molecule has 2 N–H and O–H groups in total. The summed E-state index contributed by atoms with van der Waals surface area (Å²) in [4.78, 5) is 12.7. The average molecular weight is 457 g/mol. The van der Waals surface area contributed by atoms with Gasteiger partial charge in [-0.3, -0.25) is 14.8 Å². The Bertz CT molecular complexity index is 1280. The lowest BCUT2D eigenvalue weighted by atomic mass is 10.2. The van der Waals surface area contributed by atoms with Crippen molar-refractivity contribution in [2.24, 2.45) is 0 Å². The summed E-state index contributed by atoms with van der Waals surface area (Å²) in [5, 5.41) is 13.2. The standard InChI is InChI=1S/C20H16N4O3S3/c1-13-7-9-15(10-8-13)24-30(26,27)16-11-12-28-17(16)18(25)21-20-23-22-19(29-20)14-5-3-2-4-6-14/h2-12,24H,1H3,(H,21,23,25). The van der Waals surface area contributed by atoms with Crippen LogP contribution in [-0.4, -0.2) is 24.5 Å². The third-order valence-electron chi connectivity index (χ3n) is 4.09. The molecule has 0 aliphatic carbocycles. The number of benzene rings is 2. The van der Waals surface area contributed by atoms with Gasteiger partial charge < -0.3 is 0 Å². The van der Waals surface area contributed by atoms with E-state index in [1.54, 1.807) is 29.6 Å². The SMILES string of the molecule is Cc1ccc(NS(=O)(=O)c2ccsc2C(=O)Nc2nnc(-c3ccccc3)s2)cc1. The molecule has 7 nitrogen and oxygen atoms in total. The summed E-state index contributed by atoms with van der Waals surface area (Å²) in [6.45, 7) is 1.91. The highest BCUT2D eigenvalue weighted by atomic mass is 32.2. The molecule has 0 fully saturated rings. The maximum absolute atomic E-state index is 12.8. The molecule has 0 atom stereocenters. The van der Waals surface area contributed by atoms with Crippen molar-refractivity contribution >= 4 is 49.4 Å². The smallest absolute Gasteiger partial charge is 0.268 e. The monoisotopic (exact) mass is 456 g/mol. The lowest BCUT2D eigenvalue weighted by molar-refractivity contribution is 0.102. The van der Waals surface area contributed by atoms with Gasteiger partial charge in [0.1, 0.15) is 14.8 Å². The first kappa shape index (κ1) is 20.2. The van der Waals surface area contributed by atoms with Gasteiger partial charge in [-0.15, -0.1) is 21.5 Å². The molecular weight excluding hydrogens is 440 g/mol. The summed E-state index contributed by atoms with van der Waals surface area (Å²) in [5.41, 5.74) is 2.33. The Labute approximate surface area is 181 Å². The lowest BCUT2D eigenvalue weighted by Crippen LogP contribution is -2.18. The zero-order valence-electron chi connectivity index (χ0n) is 15.7. The van der Waals surface area contributed by atoms with E-state index in [0.717, 1.165) is 22.5 Å². The highest BCUT2D eigenvalue weighted by molar-refractivity contribution is 7.93. The number of carbonyl (C=O) groups is 1. The molecule has 0 bridgehead atoms. The van der Waals surface area contributed by atoms with Crippen LogP contribution >= 0.6 is 22.7 Å². The molecule has 0 spiro atoms. The molecule has 2 aromatic carbocycles. The number of anilines is 2. The maximum Gasteiger partial charge on any atom is 0.268 e.